The van der Waals surface area contributed by atoms with Gasteiger partial charge in [-0.1, -0.05) is 6.07 Å². The summed E-state index contributed by atoms with van der Waals surface area (Å²) in [5.74, 6) is 0.159. The van der Waals surface area contributed by atoms with Crippen molar-refractivity contribution in [2.75, 3.05) is 7.11 Å². The van der Waals surface area contributed by atoms with Gasteiger partial charge in [0, 0.05) is 6.20 Å². The molecule has 0 atom stereocenters. The number of aromatic hydroxyl groups is 1. The highest BCUT2D eigenvalue weighted by molar-refractivity contribution is 5.88. The maximum atomic E-state index is 12.5. The molecule has 0 saturated carbocycles. The van der Waals surface area contributed by atoms with Gasteiger partial charge >= 0.3 is 6.18 Å². The highest BCUT2D eigenvalue weighted by Gasteiger charge is 2.30. The molecule has 7 heteroatoms. The molecule has 0 radical (unpaired) electrons. The van der Waals surface area contributed by atoms with Crippen molar-refractivity contribution in [3.63, 3.8) is 0 Å². The lowest BCUT2D eigenvalue weighted by atomic mass is 10.1. The number of aromatic nitrogens is 1. The minimum Gasteiger partial charge on any atom is -0.504 e. The number of methoxy groups -OCH3 is 1. The lowest BCUT2D eigenvalue weighted by Crippen LogP contribution is -2.05. The van der Waals surface area contributed by atoms with Crippen LogP contribution >= 0.6 is 0 Å². The second-order valence-electron chi connectivity index (χ2n) is 4.53. The number of pyridine rings is 1. The summed E-state index contributed by atoms with van der Waals surface area (Å²) < 4.78 is 42.5. The first kappa shape index (κ1) is 16.4. The summed E-state index contributed by atoms with van der Waals surface area (Å²) in [4.78, 5) is 3.68. The Morgan fingerprint density at radius 2 is 2.04 bits per heavy atom. The van der Waals surface area contributed by atoms with E-state index in [2.05, 4.69) is 4.98 Å². The van der Waals surface area contributed by atoms with Gasteiger partial charge in [-0.3, -0.25) is 4.98 Å². The maximum Gasteiger partial charge on any atom is 0.417 e. The molecule has 1 aromatic heterocycles. The number of rotatable bonds is 3. The zero-order valence-electron chi connectivity index (χ0n) is 11.9. The van der Waals surface area contributed by atoms with Crippen molar-refractivity contribution < 1.29 is 23.0 Å². The molecule has 0 aliphatic heterocycles. The molecule has 0 fully saturated rings. The molecule has 0 spiro atoms. The number of hydrogen-bond donors (Lipinski definition) is 1. The first-order valence-corrected chi connectivity index (χ1v) is 6.37. The van der Waals surface area contributed by atoms with Gasteiger partial charge in [-0.15, -0.1) is 0 Å². The largest absolute Gasteiger partial charge is 0.504 e. The van der Waals surface area contributed by atoms with Gasteiger partial charge in [0.05, 0.1) is 23.9 Å². The zero-order chi connectivity index (χ0) is 17.0. The second-order valence-corrected chi connectivity index (χ2v) is 4.53. The number of hydrogen-bond acceptors (Lipinski definition) is 4. The number of nitriles is 1. The fourth-order valence-corrected chi connectivity index (χ4v) is 1.84. The van der Waals surface area contributed by atoms with Crippen molar-refractivity contribution in [2.45, 2.75) is 6.18 Å². The average Bonchev–Trinajstić information content (AvgIpc) is 2.53. The van der Waals surface area contributed by atoms with E-state index in [0.29, 0.717) is 11.8 Å². The number of ether oxygens (including phenoxy) is 1. The van der Waals surface area contributed by atoms with E-state index < -0.39 is 11.7 Å². The van der Waals surface area contributed by atoms with Crippen molar-refractivity contribution in [2.24, 2.45) is 0 Å². The van der Waals surface area contributed by atoms with Gasteiger partial charge in [0.25, 0.3) is 0 Å². The van der Waals surface area contributed by atoms with E-state index in [1.54, 1.807) is 6.07 Å². The van der Waals surface area contributed by atoms with E-state index in [0.717, 1.165) is 12.1 Å². The van der Waals surface area contributed by atoms with Crippen molar-refractivity contribution in [1.29, 1.82) is 5.26 Å². The summed E-state index contributed by atoms with van der Waals surface area (Å²) in [5, 5.41) is 18.7. The van der Waals surface area contributed by atoms with Crippen LogP contribution in [-0.2, 0) is 6.18 Å². The van der Waals surface area contributed by atoms with Crippen molar-refractivity contribution in [3.8, 4) is 17.6 Å². The van der Waals surface area contributed by atoms with Crippen LogP contribution in [0, 0.1) is 11.3 Å². The minimum atomic E-state index is -4.48. The monoisotopic (exact) mass is 320 g/mol. The molecule has 2 aromatic rings. The predicted octanol–water partition coefficient (Wildman–Crippen LogP) is 3.88. The number of phenolic OH excluding ortho intramolecular Hbond substituents is 1. The highest BCUT2D eigenvalue weighted by atomic mass is 19.4. The topological polar surface area (TPSA) is 66.1 Å². The summed E-state index contributed by atoms with van der Waals surface area (Å²) in [7, 11) is 1.38. The number of nitrogens with zero attached hydrogens (tertiary/aromatic N) is 2. The molecule has 0 amide bonds. The van der Waals surface area contributed by atoms with Crippen molar-refractivity contribution in [1.82, 2.24) is 4.98 Å². The minimum absolute atomic E-state index is 0.0594. The highest BCUT2D eigenvalue weighted by Crippen LogP contribution is 2.30. The van der Waals surface area contributed by atoms with E-state index in [1.807, 2.05) is 6.07 Å². The van der Waals surface area contributed by atoms with Gasteiger partial charge in [0.2, 0.25) is 0 Å². The van der Waals surface area contributed by atoms with Crippen LogP contribution in [0.2, 0.25) is 0 Å². The molecule has 23 heavy (non-hydrogen) atoms. The summed E-state index contributed by atoms with van der Waals surface area (Å²) in [6.07, 6.45) is -2.36. The van der Waals surface area contributed by atoms with E-state index in [4.69, 9.17) is 4.74 Å². The molecular weight excluding hydrogens is 309 g/mol. The fourth-order valence-electron chi connectivity index (χ4n) is 1.84. The smallest absolute Gasteiger partial charge is 0.417 e. The first-order chi connectivity index (χ1) is 10.8. The Hall–Kier alpha value is -3.01. The molecule has 1 N–H and O–H groups in total. The molecular formula is C16H11F3N2O2. The maximum absolute atomic E-state index is 12.5. The van der Waals surface area contributed by atoms with Crippen molar-refractivity contribution in [3.05, 3.63) is 53.3 Å². The van der Waals surface area contributed by atoms with Crippen LogP contribution in [0.25, 0.3) is 11.6 Å². The van der Waals surface area contributed by atoms with Gasteiger partial charge in [0.1, 0.15) is 6.07 Å². The first-order valence-electron chi connectivity index (χ1n) is 6.37. The quantitative estimate of drug-likeness (QED) is 0.872. The summed E-state index contributed by atoms with van der Waals surface area (Å²) in [5.41, 5.74) is -0.137. The summed E-state index contributed by atoms with van der Waals surface area (Å²) in [6, 6.07) is 8.32. The third-order valence-electron chi connectivity index (χ3n) is 3.00. The van der Waals surface area contributed by atoms with E-state index in [1.165, 1.54) is 25.3 Å². The van der Waals surface area contributed by atoms with E-state index in [9.17, 15) is 23.5 Å². The van der Waals surface area contributed by atoms with Crippen LogP contribution in [-0.4, -0.2) is 17.2 Å². The summed E-state index contributed by atoms with van der Waals surface area (Å²) >= 11 is 0. The van der Waals surface area contributed by atoms with Crippen LogP contribution in [0.3, 0.4) is 0 Å². The van der Waals surface area contributed by atoms with Gasteiger partial charge < -0.3 is 9.84 Å². The molecule has 0 saturated heterocycles. The lowest BCUT2D eigenvalue weighted by Gasteiger charge is -2.07. The molecule has 4 nitrogen and oxygen atoms in total. The lowest BCUT2D eigenvalue weighted by molar-refractivity contribution is -0.137. The van der Waals surface area contributed by atoms with Gasteiger partial charge in [-0.05, 0) is 35.9 Å². The second kappa shape index (κ2) is 6.40. The Kier molecular flexibility index (Phi) is 4.55. The molecule has 2 rings (SSSR count). The van der Waals surface area contributed by atoms with Crippen LogP contribution < -0.4 is 4.74 Å². The molecule has 118 valence electrons. The Labute approximate surface area is 130 Å². The Balaban J connectivity index is 2.38. The van der Waals surface area contributed by atoms with E-state index >= 15 is 0 Å². The van der Waals surface area contributed by atoms with Crippen LogP contribution in [0.4, 0.5) is 13.2 Å². The van der Waals surface area contributed by atoms with Gasteiger partial charge in [-0.25, -0.2) is 0 Å². The average molecular weight is 320 g/mol. The molecule has 1 heterocycles. The third kappa shape index (κ3) is 3.80. The Morgan fingerprint density at radius 1 is 1.30 bits per heavy atom. The fraction of sp³-hybridized carbons (Fsp3) is 0.125. The Morgan fingerprint density at radius 3 is 2.57 bits per heavy atom. The number of benzene rings is 1. The van der Waals surface area contributed by atoms with Crippen LogP contribution in [0.5, 0.6) is 11.5 Å². The molecule has 0 aliphatic carbocycles. The van der Waals surface area contributed by atoms with Crippen LogP contribution in [0.1, 0.15) is 16.8 Å². The summed E-state index contributed by atoms with van der Waals surface area (Å²) in [6.45, 7) is 0. The van der Waals surface area contributed by atoms with Crippen molar-refractivity contribution >= 4 is 11.6 Å². The third-order valence-corrected chi connectivity index (χ3v) is 3.00. The number of allylic oxidation sites excluding steroid dienone is 1. The SMILES string of the molecule is COc1cc(C=C(C#N)c2ccc(C(F)(F)F)cn2)ccc1O. The molecule has 0 unspecified atom stereocenters. The predicted molar refractivity (Wildman–Crippen MR) is 77.4 cm³/mol. The van der Waals surface area contributed by atoms with Gasteiger partial charge in [-0.2, -0.15) is 18.4 Å². The number of halogens is 3. The number of phenols is 1. The zero-order valence-corrected chi connectivity index (χ0v) is 11.9. The Bertz CT molecular complexity index is 775. The molecule has 0 bridgehead atoms. The van der Waals surface area contributed by atoms with Gasteiger partial charge in [0.15, 0.2) is 11.5 Å². The van der Waals surface area contributed by atoms with Crippen LogP contribution in [0.15, 0.2) is 36.5 Å². The molecule has 1 aromatic carbocycles. The standard InChI is InChI=1S/C16H11F3N2O2/c1-23-15-7-10(2-5-14(15)22)6-11(8-20)13-4-3-12(9-21-13)16(17,18)19/h2-7,9,22H,1H3. The number of alkyl halides is 3. The van der Waals surface area contributed by atoms with E-state index in [-0.39, 0.29) is 22.8 Å². The molecule has 0 aliphatic rings. The normalized spacial score (nSPS) is 11.9.